The number of rotatable bonds is 20. The first-order chi connectivity index (χ1) is 19.6. The Morgan fingerprint density at radius 3 is 1.45 bits per heavy atom. The Labute approximate surface area is 245 Å². The first-order valence-corrected chi connectivity index (χ1v) is 16.3. The summed E-state index contributed by atoms with van der Waals surface area (Å²) in [6.07, 6.45) is 11.9. The smallest absolute Gasteiger partial charge is 0.178 e. The van der Waals surface area contributed by atoms with E-state index in [0.29, 0.717) is 0 Å². The predicted molar refractivity (Wildman–Crippen MR) is 175 cm³/mol. The van der Waals surface area contributed by atoms with Crippen LogP contribution in [-0.2, 0) is 4.79 Å². The fourth-order valence-electron chi connectivity index (χ4n) is 5.53. The lowest BCUT2D eigenvalue weighted by atomic mass is 9.73. The summed E-state index contributed by atoms with van der Waals surface area (Å²) in [4.78, 5) is 18.7. The summed E-state index contributed by atoms with van der Waals surface area (Å²) in [6, 6.07) is 17.6. The van der Waals surface area contributed by atoms with Crippen molar-refractivity contribution in [1.29, 1.82) is 0 Å². The summed E-state index contributed by atoms with van der Waals surface area (Å²) < 4.78 is 0. The second-order valence-electron chi connectivity index (χ2n) is 11.4. The topological polar surface area (TPSA) is 35.6 Å². The molecule has 1 atom stereocenters. The van der Waals surface area contributed by atoms with Crippen molar-refractivity contribution in [2.75, 3.05) is 42.5 Å². The van der Waals surface area contributed by atoms with Crippen LogP contribution in [0.3, 0.4) is 0 Å². The van der Waals surface area contributed by atoms with E-state index < -0.39 is 0 Å². The van der Waals surface area contributed by atoms with Crippen molar-refractivity contribution < 1.29 is 4.79 Å². The van der Waals surface area contributed by atoms with Crippen molar-refractivity contribution in [2.24, 2.45) is 0 Å². The molecule has 0 radical (unpaired) electrons. The van der Waals surface area contributed by atoms with Gasteiger partial charge in [-0.25, -0.2) is 0 Å². The summed E-state index contributed by atoms with van der Waals surface area (Å²) in [7, 11) is 0. The number of ketones is 1. The van der Waals surface area contributed by atoms with Crippen LogP contribution in [0.15, 0.2) is 54.2 Å². The van der Waals surface area contributed by atoms with Gasteiger partial charge in [-0.1, -0.05) is 91.0 Å². The van der Waals surface area contributed by atoms with E-state index in [1.165, 1.54) is 62.7 Å². The highest BCUT2D eigenvalue weighted by molar-refractivity contribution is 6.32. The van der Waals surface area contributed by atoms with Gasteiger partial charge in [0.25, 0.3) is 0 Å². The second kappa shape index (κ2) is 17.1. The van der Waals surface area contributed by atoms with E-state index in [0.717, 1.165) is 68.0 Å². The molecule has 0 spiro atoms. The van der Waals surface area contributed by atoms with E-state index in [1.54, 1.807) is 0 Å². The van der Waals surface area contributed by atoms with Crippen LogP contribution in [-0.4, -0.2) is 38.5 Å². The van der Waals surface area contributed by atoms with Gasteiger partial charge in [-0.15, -0.1) is 0 Å². The molecule has 2 aromatic carbocycles. The van der Waals surface area contributed by atoms with Crippen molar-refractivity contribution in [3.05, 3.63) is 65.4 Å². The summed E-state index contributed by atoms with van der Waals surface area (Å²) >= 11 is 0. The van der Waals surface area contributed by atoms with Gasteiger partial charge >= 0.3 is 0 Å². The number of hydrogen-bond donors (Lipinski definition) is 1. The molecule has 0 saturated carbocycles. The van der Waals surface area contributed by atoms with E-state index in [-0.39, 0.29) is 11.7 Å². The third-order valence-corrected chi connectivity index (χ3v) is 8.15. The first kappa shape index (κ1) is 31.8. The minimum atomic E-state index is -0.189. The van der Waals surface area contributed by atoms with Gasteiger partial charge < -0.3 is 15.1 Å². The van der Waals surface area contributed by atoms with Crippen LogP contribution in [0.4, 0.5) is 11.4 Å². The van der Waals surface area contributed by atoms with Crippen molar-refractivity contribution in [2.45, 2.75) is 105 Å². The Morgan fingerprint density at radius 1 is 0.600 bits per heavy atom. The quantitative estimate of drug-likeness (QED) is 0.168. The number of Topliss-reactive ketones (excluding diaryl/α,β-unsaturated/α-hetero) is 1. The highest BCUT2D eigenvalue weighted by Crippen LogP contribution is 2.43. The molecule has 1 aliphatic carbocycles. The van der Waals surface area contributed by atoms with E-state index in [9.17, 15) is 4.79 Å². The van der Waals surface area contributed by atoms with Crippen molar-refractivity contribution in [3.8, 4) is 0 Å². The maximum absolute atomic E-state index is 13.7. The summed E-state index contributed by atoms with van der Waals surface area (Å²) in [5.74, 6) is 0.0491. The van der Waals surface area contributed by atoms with Crippen LogP contribution in [0, 0.1) is 0 Å². The molecule has 1 unspecified atom stereocenters. The lowest BCUT2D eigenvalue weighted by molar-refractivity contribution is -0.115. The molecule has 0 fully saturated rings. The van der Waals surface area contributed by atoms with Crippen LogP contribution >= 0.6 is 0 Å². The van der Waals surface area contributed by atoms with Crippen molar-refractivity contribution in [3.63, 3.8) is 0 Å². The van der Waals surface area contributed by atoms with E-state index in [4.69, 9.17) is 0 Å². The number of nitrogens with one attached hydrogen (secondary N) is 1. The van der Waals surface area contributed by atoms with Gasteiger partial charge in [-0.2, -0.15) is 0 Å². The number of nitrogens with zero attached hydrogens (tertiary/aromatic N) is 2. The van der Waals surface area contributed by atoms with Crippen LogP contribution in [0.2, 0.25) is 0 Å². The number of allylic oxidation sites excluding steroid dienone is 2. The third kappa shape index (κ3) is 8.38. The molecule has 3 rings (SSSR count). The number of carbonyl (C=O) groups excluding carboxylic acids is 1. The molecular formula is C36H55N3O. The summed E-state index contributed by atoms with van der Waals surface area (Å²) in [6.45, 7) is 16.5. The van der Waals surface area contributed by atoms with Crippen molar-refractivity contribution in [1.82, 2.24) is 5.32 Å². The standard InChI is InChI=1S/C36H55N3O/c1-6-11-24-37-35-33(29-16-20-31(21-17-29)38(25-12-7-2)26-13-8-3)36(40)34(35)30-18-22-32(23-19-30)39(27-14-9-4)28-15-10-5/h16-23,33,37H,6-15,24-28H2,1-5H3. The average Bonchev–Trinajstić information content (AvgIpc) is 2.98. The SMILES string of the molecule is CCCCNC1=C(c2ccc(N(CCCC)CCCC)cc2)C(=O)C1c1ccc(N(CCCC)CCCC)cc1. The molecule has 0 bridgehead atoms. The third-order valence-electron chi connectivity index (χ3n) is 8.15. The van der Waals surface area contributed by atoms with Crippen LogP contribution in [0.25, 0.3) is 5.57 Å². The van der Waals surface area contributed by atoms with Crippen LogP contribution in [0.1, 0.15) is 116 Å². The zero-order valence-corrected chi connectivity index (χ0v) is 26.1. The van der Waals surface area contributed by atoms with Crippen LogP contribution in [0.5, 0.6) is 0 Å². The molecule has 4 heteroatoms. The maximum atomic E-state index is 13.7. The molecular weight excluding hydrogens is 490 g/mol. The number of hydrogen-bond acceptors (Lipinski definition) is 4. The first-order valence-electron chi connectivity index (χ1n) is 16.3. The number of unbranched alkanes of at least 4 members (excludes halogenated alkanes) is 5. The zero-order valence-electron chi connectivity index (χ0n) is 26.1. The van der Waals surface area contributed by atoms with E-state index in [1.807, 2.05) is 0 Å². The molecule has 220 valence electrons. The lowest BCUT2D eigenvalue weighted by Crippen LogP contribution is -2.37. The van der Waals surface area contributed by atoms with Gasteiger partial charge in [0.15, 0.2) is 5.78 Å². The summed E-state index contributed by atoms with van der Waals surface area (Å²) in [5.41, 5.74) is 6.65. The number of benzene rings is 2. The molecule has 0 aromatic heterocycles. The summed E-state index contributed by atoms with van der Waals surface area (Å²) in [5, 5.41) is 3.67. The fraction of sp³-hybridized carbons (Fsp3) is 0.583. The molecule has 0 aliphatic heterocycles. The Kier molecular flexibility index (Phi) is 13.6. The highest BCUT2D eigenvalue weighted by Gasteiger charge is 2.40. The second-order valence-corrected chi connectivity index (χ2v) is 11.4. The van der Waals surface area contributed by atoms with Gasteiger partial charge in [0.05, 0.1) is 5.92 Å². The molecule has 4 nitrogen and oxygen atoms in total. The van der Waals surface area contributed by atoms with Gasteiger partial charge in [-0.3, -0.25) is 4.79 Å². The zero-order chi connectivity index (χ0) is 28.7. The number of carbonyl (C=O) groups is 1. The molecule has 0 heterocycles. The maximum Gasteiger partial charge on any atom is 0.178 e. The molecule has 1 N–H and O–H groups in total. The number of anilines is 2. The monoisotopic (exact) mass is 545 g/mol. The normalized spacial score (nSPS) is 14.8. The Bertz CT molecular complexity index is 1020. The fourth-order valence-corrected chi connectivity index (χ4v) is 5.53. The Morgan fingerprint density at radius 2 is 1.02 bits per heavy atom. The van der Waals surface area contributed by atoms with Crippen molar-refractivity contribution >= 4 is 22.7 Å². The Balaban J connectivity index is 1.84. The van der Waals surface area contributed by atoms with Gasteiger partial charge in [0.2, 0.25) is 0 Å². The lowest BCUT2D eigenvalue weighted by Gasteiger charge is -2.34. The van der Waals surface area contributed by atoms with Crippen LogP contribution < -0.4 is 15.1 Å². The van der Waals surface area contributed by atoms with E-state index >= 15 is 0 Å². The predicted octanol–water partition coefficient (Wildman–Crippen LogP) is 8.97. The minimum absolute atomic E-state index is 0.189. The van der Waals surface area contributed by atoms with Gasteiger partial charge in [0, 0.05) is 55.4 Å². The van der Waals surface area contributed by atoms with Gasteiger partial charge in [-0.05, 0) is 67.5 Å². The Hall–Kier alpha value is -2.75. The van der Waals surface area contributed by atoms with E-state index in [2.05, 4.69) is 98.3 Å². The molecule has 40 heavy (non-hydrogen) atoms. The van der Waals surface area contributed by atoms with Gasteiger partial charge in [0.1, 0.15) is 0 Å². The molecule has 2 aromatic rings. The highest BCUT2D eigenvalue weighted by atomic mass is 16.1. The average molecular weight is 546 g/mol. The molecule has 0 saturated heterocycles. The molecule has 1 aliphatic rings. The largest absolute Gasteiger partial charge is 0.387 e. The minimum Gasteiger partial charge on any atom is -0.387 e. The molecule has 0 amide bonds.